The van der Waals surface area contributed by atoms with Gasteiger partial charge in [-0.2, -0.15) is 0 Å². The van der Waals surface area contributed by atoms with Gasteiger partial charge in [0, 0.05) is 17.5 Å². The van der Waals surface area contributed by atoms with Crippen LogP contribution < -0.4 is 11.1 Å². The molecule has 0 heterocycles. The molecule has 0 unspecified atom stereocenters. The van der Waals surface area contributed by atoms with Gasteiger partial charge < -0.3 is 26.2 Å². The lowest BCUT2D eigenvalue weighted by Crippen LogP contribution is -2.49. The van der Waals surface area contributed by atoms with Crippen LogP contribution in [0.4, 0.5) is 0 Å². The Morgan fingerprint density at radius 1 is 1.43 bits per heavy atom. The Bertz CT molecular complexity index is 742. The molecule has 0 aromatic heterocycles. The van der Waals surface area contributed by atoms with Crippen molar-refractivity contribution >= 4 is 12.2 Å². The number of rotatable bonds is 6. The normalized spacial score (nSPS) is 30.1. The summed E-state index contributed by atoms with van der Waals surface area (Å²) < 4.78 is 0. The van der Waals surface area contributed by atoms with Gasteiger partial charge in [-0.15, -0.1) is 10.1 Å². The number of benzene rings is 1. The molecule has 0 radical (unpaired) electrons. The number of guanidine groups is 1. The minimum absolute atomic E-state index is 0.0684. The molecular weight excluding hydrogens is 390 g/mol. The predicted molar refractivity (Wildman–Crippen MR) is 112 cm³/mol. The van der Waals surface area contributed by atoms with Gasteiger partial charge in [0.2, 0.25) is 0 Å². The van der Waals surface area contributed by atoms with Crippen LogP contribution in [0.3, 0.4) is 0 Å². The molecule has 2 aliphatic rings. The van der Waals surface area contributed by atoms with E-state index in [0.717, 1.165) is 32.1 Å². The number of nitrogens with one attached hydrogen (secondary N) is 2. The molecule has 0 amide bonds. The Morgan fingerprint density at radius 3 is 2.73 bits per heavy atom. The van der Waals surface area contributed by atoms with Crippen molar-refractivity contribution in [3.63, 3.8) is 0 Å². The van der Waals surface area contributed by atoms with Gasteiger partial charge in [0.05, 0.1) is 12.1 Å². The van der Waals surface area contributed by atoms with E-state index in [-0.39, 0.29) is 17.3 Å². The molecule has 1 aromatic rings. The SMILES string of the molecule is C[C@]12CC[C@H](c3ccccc3)C[C@@]1(O)CC[C@@H]2C=NOCCNC(=N)N.O=[N+]([O-])O. The van der Waals surface area contributed by atoms with Crippen LogP contribution in [0.1, 0.15) is 50.5 Å². The number of oxime groups is 1. The fourth-order valence-corrected chi connectivity index (χ4v) is 4.73. The van der Waals surface area contributed by atoms with E-state index >= 15 is 0 Å². The third-order valence-corrected chi connectivity index (χ3v) is 6.44. The van der Waals surface area contributed by atoms with Gasteiger partial charge in [-0.3, -0.25) is 5.41 Å². The highest BCUT2D eigenvalue weighted by atomic mass is 16.9. The highest BCUT2D eigenvalue weighted by molar-refractivity contribution is 5.74. The van der Waals surface area contributed by atoms with E-state index in [4.69, 9.17) is 31.3 Å². The summed E-state index contributed by atoms with van der Waals surface area (Å²) in [5.41, 5.74) is 5.76. The van der Waals surface area contributed by atoms with Crippen LogP contribution in [-0.2, 0) is 4.84 Å². The van der Waals surface area contributed by atoms with E-state index in [1.165, 1.54) is 5.56 Å². The van der Waals surface area contributed by atoms with Gasteiger partial charge in [-0.05, 0) is 43.6 Å². The van der Waals surface area contributed by atoms with Crippen molar-refractivity contribution in [2.24, 2.45) is 22.2 Å². The topological polar surface area (TPSA) is 167 Å². The summed E-state index contributed by atoms with van der Waals surface area (Å²) in [7, 11) is 0. The van der Waals surface area contributed by atoms with Gasteiger partial charge in [-0.25, -0.2) is 0 Å². The van der Waals surface area contributed by atoms with Crippen molar-refractivity contribution in [3.8, 4) is 0 Å². The largest absolute Gasteiger partial charge is 0.394 e. The van der Waals surface area contributed by atoms with Gasteiger partial charge in [0.1, 0.15) is 6.61 Å². The highest BCUT2D eigenvalue weighted by Gasteiger charge is 2.58. The molecule has 2 fully saturated rings. The zero-order chi connectivity index (χ0) is 22.2. The minimum Gasteiger partial charge on any atom is -0.394 e. The van der Waals surface area contributed by atoms with E-state index in [9.17, 15) is 5.11 Å². The molecule has 3 rings (SSSR count). The molecule has 30 heavy (non-hydrogen) atoms. The van der Waals surface area contributed by atoms with Gasteiger partial charge >= 0.3 is 0 Å². The van der Waals surface area contributed by atoms with E-state index in [0.29, 0.717) is 19.1 Å². The number of nitrogens with two attached hydrogens (primary N) is 1. The first-order valence-corrected chi connectivity index (χ1v) is 10.0. The predicted octanol–water partition coefficient (Wildman–Crippen LogP) is 2.24. The van der Waals surface area contributed by atoms with E-state index in [2.05, 4.69) is 41.7 Å². The Balaban J connectivity index is 0.000000735. The number of hydrogen-bond donors (Lipinski definition) is 5. The fourth-order valence-electron chi connectivity index (χ4n) is 4.73. The van der Waals surface area contributed by atoms with Gasteiger partial charge in [0.25, 0.3) is 5.09 Å². The zero-order valence-electron chi connectivity index (χ0n) is 17.2. The summed E-state index contributed by atoms with van der Waals surface area (Å²) in [6.07, 6.45) is 6.53. The molecule has 0 bridgehead atoms. The summed E-state index contributed by atoms with van der Waals surface area (Å²) in [6, 6.07) is 10.5. The Labute approximate surface area is 175 Å². The van der Waals surface area contributed by atoms with Crippen LogP contribution in [0, 0.1) is 26.9 Å². The molecule has 0 spiro atoms. The molecule has 0 saturated heterocycles. The average molecular weight is 421 g/mol. The van der Waals surface area contributed by atoms with Crippen LogP contribution in [-0.4, -0.2) is 46.3 Å². The Morgan fingerprint density at radius 2 is 2.10 bits per heavy atom. The highest BCUT2D eigenvalue weighted by Crippen LogP contribution is 2.60. The fraction of sp³-hybridized carbons (Fsp3) is 0.600. The summed E-state index contributed by atoms with van der Waals surface area (Å²) in [6.45, 7) is 3.02. The number of nitrogens with zero attached hydrogens (tertiary/aromatic N) is 2. The summed E-state index contributed by atoms with van der Waals surface area (Å²) in [5.74, 6) is 0.588. The molecule has 166 valence electrons. The number of aliphatic hydroxyl groups is 1. The maximum atomic E-state index is 11.4. The maximum Gasteiger partial charge on any atom is 0.291 e. The minimum atomic E-state index is -1.50. The second kappa shape index (κ2) is 10.2. The first-order valence-electron chi connectivity index (χ1n) is 10.0. The first kappa shape index (κ1) is 23.4. The molecule has 1 aromatic carbocycles. The van der Waals surface area contributed by atoms with E-state index in [1.807, 2.05) is 12.3 Å². The second-order valence-electron chi connectivity index (χ2n) is 8.11. The lowest BCUT2D eigenvalue weighted by Gasteiger charge is -2.48. The van der Waals surface area contributed by atoms with Crippen LogP contribution in [0.2, 0.25) is 0 Å². The lowest BCUT2D eigenvalue weighted by atomic mass is 9.59. The Hall–Kier alpha value is -2.88. The first-order chi connectivity index (χ1) is 14.2. The molecular formula is C20H31N5O5. The maximum absolute atomic E-state index is 11.4. The molecule has 2 saturated carbocycles. The molecule has 0 aliphatic heterocycles. The standard InChI is InChI=1S/C20H30N4O2.HNO3/c1-19-9-7-16(15-5-3-2-4-6-15)13-20(19,25)10-8-17(19)14-24-26-12-11-23-18(21)22;2-1(3)4/h2-6,14,16-17,25H,7-13H2,1H3,(H4,21,22,23);(H,2,3,4)/t16-,17+,19+,20-;/m0./s1. The van der Waals surface area contributed by atoms with Crippen molar-refractivity contribution < 1.29 is 20.2 Å². The van der Waals surface area contributed by atoms with Crippen LogP contribution >= 0.6 is 0 Å². The zero-order valence-corrected chi connectivity index (χ0v) is 17.2. The Kier molecular flexibility index (Phi) is 7.99. The summed E-state index contributed by atoms with van der Waals surface area (Å²) >= 11 is 0. The van der Waals surface area contributed by atoms with E-state index < -0.39 is 10.7 Å². The second-order valence-corrected chi connectivity index (χ2v) is 8.11. The smallest absolute Gasteiger partial charge is 0.291 e. The quantitative estimate of drug-likeness (QED) is 0.154. The summed E-state index contributed by atoms with van der Waals surface area (Å²) in [5, 5.41) is 38.9. The van der Waals surface area contributed by atoms with E-state index in [1.54, 1.807) is 0 Å². The van der Waals surface area contributed by atoms with Crippen molar-refractivity contribution in [2.45, 2.75) is 50.5 Å². The summed E-state index contributed by atoms with van der Waals surface area (Å²) in [4.78, 5) is 13.6. The molecule has 10 heteroatoms. The van der Waals surface area contributed by atoms with Crippen LogP contribution in [0.5, 0.6) is 0 Å². The lowest BCUT2D eigenvalue weighted by molar-refractivity contribution is -0.742. The number of fused-ring (bicyclic) bond motifs is 1. The van der Waals surface area contributed by atoms with Crippen LogP contribution in [0.15, 0.2) is 35.5 Å². The monoisotopic (exact) mass is 421 g/mol. The average Bonchev–Trinajstić information content (AvgIpc) is 2.95. The molecule has 10 nitrogen and oxygen atoms in total. The third-order valence-electron chi connectivity index (χ3n) is 6.44. The van der Waals surface area contributed by atoms with Crippen molar-refractivity contribution in [1.29, 1.82) is 5.41 Å². The van der Waals surface area contributed by atoms with Crippen molar-refractivity contribution in [2.75, 3.05) is 13.2 Å². The number of hydrogen-bond acceptors (Lipinski definition) is 6. The van der Waals surface area contributed by atoms with Crippen molar-refractivity contribution in [1.82, 2.24) is 5.32 Å². The van der Waals surface area contributed by atoms with Gasteiger partial charge in [0.15, 0.2) is 5.96 Å². The van der Waals surface area contributed by atoms with Crippen molar-refractivity contribution in [3.05, 3.63) is 46.0 Å². The van der Waals surface area contributed by atoms with Crippen LogP contribution in [0.25, 0.3) is 0 Å². The van der Waals surface area contributed by atoms with Gasteiger partial charge in [-0.1, -0.05) is 42.4 Å². The molecule has 6 N–H and O–H groups in total. The third kappa shape index (κ3) is 5.82. The molecule has 2 aliphatic carbocycles. The molecule has 4 atom stereocenters.